The number of aromatic nitrogens is 2. The summed E-state index contributed by atoms with van der Waals surface area (Å²) in [5, 5.41) is 3.35. The first-order chi connectivity index (χ1) is 8.76. The lowest BCUT2D eigenvalue weighted by Crippen LogP contribution is -2.16. The van der Waals surface area contributed by atoms with Crippen LogP contribution in [-0.4, -0.2) is 23.1 Å². The van der Waals surface area contributed by atoms with Gasteiger partial charge in [0.1, 0.15) is 6.10 Å². The summed E-state index contributed by atoms with van der Waals surface area (Å²) < 4.78 is 5.56. The summed E-state index contributed by atoms with van der Waals surface area (Å²) in [4.78, 5) is 9.17. The monoisotopic (exact) mass is 249 g/mol. The van der Waals surface area contributed by atoms with Gasteiger partial charge >= 0.3 is 0 Å². The van der Waals surface area contributed by atoms with Gasteiger partial charge in [-0.05, 0) is 33.2 Å². The van der Waals surface area contributed by atoms with Crippen molar-refractivity contribution in [2.24, 2.45) is 0 Å². The molecule has 4 heteroatoms. The zero-order valence-corrected chi connectivity index (χ0v) is 11.6. The van der Waals surface area contributed by atoms with E-state index in [2.05, 4.69) is 17.2 Å². The second kappa shape index (κ2) is 6.25. The van der Waals surface area contributed by atoms with Gasteiger partial charge in [-0.2, -0.15) is 0 Å². The standard InChI is InChI=1S/C14H23N3O/c1-4-15-8-12-9-16-14(10(3)18-5-2)17-13(12)11-6-7-11/h9-11,15H,4-8H2,1-3H3. The fraction of sp³-hybridized carbons (Fsp3) is 0.714. The minimum Gasteiger partial charge on any atom is -0.371 e. The molecule has 4 nitrogen and oxygen atoms in total. The second-order valence-electron chi connectivity index (χ2n) is 4.79. The highest BCUT2D eigenvalue weighted by Gasteiger charge is 2.28. The fourth-order valence-corrected chi connectivity index (χ4v) is 2.06. The van der Waals surface area contributed by atoms with E-state index in [0.29, 0.717) is 12.5 Å². The van der Waals surface area contributed by atoms with E-state index in [1.54, 1.807) is 0 Å². The normalized spacial score (nSPS) is 16.8. The number of hydrogen-bond donors (Lipinski definition) is 1. The Morgan fingerprint density at radius 2 is 2.22 bits per heavy atom. The van der Waals surface area contributed by atoms with Crippen LogP contribution in [0.1, 0.15) is 62.7 Å². The predicted molar refractivity (Wildman–Crippen MR) is 71.4 cm³/mol. The smallest absolute Gasteiger partial charge is 0.157 e. The number of nitrogens with zero attached hydrogens (tertiary/aromatic N) is 2. The zero-order chi connectivity index (χ0) is 13.0. The van der Waals surface area contributed by atoms with Gasteiger partial charge in [-0.25, -0.2) is 9.97 Å². The molecule has 0 bridgehead atoms. The highest BCUT2D eigenvalue weighted by Crippen LogP contribution is 2.40. The molecule has 1 aliphatic rings. The predicted octanol–water partition coefficient (Wildman–Crippen LogP) is 2.56. The lowest BCUT2D eigenvalue weighted by Gasteiger charge is -2.14. The molecule has 1 aromatic rings. The number of nitrogens with one attached hydrogen (secondary N) is 1. The average molecular weight is 249 g/mol. The van der Waals surface area contributed by atoms with Crippen LogP contribution >= 0.6 is 0 Å². The first-order valence-corrected chi connectivity index (χ1v) is 6.94. The molecule has 0 aromatic carbocycles. The minimum atomic E-state index is -0.0133. The van der Waals surface area contributed by atoms with Gasteiger partial charge in [-0.15, -0.1) is 0 Å². The van der Waals surface area contributed by atoms with Crippen LogP contribution in [0.25, 0.3) is 0 Å². The first-order valence-electron chi connectivity index (χ1n) is 6.94. The van der Waals surface area contributed by atoms with Crippen molar-refractivity contribution in [1.29, 1.82) is 0 Å². The van der Waals surface area contributed by atoms with Crippen LogP contribution in [0, 0.1) is 0 Å². The van der Waals surface area contributed by atoms with E-state index in [0.717, 1.165) is 18.9 Å². The molecular weight excluding hydrogens is 226 g/mol. The van der Waals surface area contributed by atoms with Gasteiger partial charge in [-0.3, -0.25) is 0 Å². The molecule has 18 heavy (non-hydrogen) atoms. The molecule has 0 radical (unpaired) electrons. The molecule has 1 saturated carbocycles. The largest absolute Gasteiger partial charge is 0.371 e. The molecule has 1 N–H and O–H groups in total. The maximum absolute atomic E-state index is 5.56. The lowest BCUT2D eigenvalue weighted by atomic mass is 10.1. The van der Waals surface area contributed by atoms with E-state index in [1.165, 1.54) is 24.1 Å². The summed E-state index contributed by atoms with van der Waals surface area (Å²) in [7, 11) is 0. The van der Waals surface area contributed by atoms with Crippen molar-refractivity contribution in [2.45, 2.75) is 52.2 Å². The third-order valence-electron chi connectivity index (χ3n) is 3.23. The minimum absolute atomic E-state index is 0.0133. The molecule has 1 heterocycles. The van der Waals surface area contributed by atoms with Crippen LogP contribution in [0.15, 0.2) is 6.20 Å². The number of rotatable bonds is 7. The van der Waals surface area contributed by atoms with E-state index < -0.39 is 0 Å². The number of hydrogen-bond acceptors (Lipinski definition) is 4. The Bertz CT molecular complexity index is 391. The second-order valence-corrected chi connectivity index (χ2v) is 4.79. The summed E-state index contributed by atoms with van der Waals surface area (Å²) in [5.74, 6) is 1.47. The molecule has 0 spiro atoms. The van der Waals surface area contributed by atoms with Crippen molar-refractivity contribution in [3.63, 3.8) is 0 Å². The van der Waals surface area contributed by atoms with Gasteiger partial charge in [0.15, 0.2) is 5.82 Å². The van der Waals surface area contributed by atoms with Gasteiger partial charge in [-0.1, -0.05) is 6.92 Å². The molecule has 1 aromatic heterocycles. The number of ether oxygens (including phenoxy) is 1. The Morgan fingerprint density at radius 3 is 2.83 bits per heavy atom. The maximum Gasteiger partial charge on any atom is 0.157 e. The molecular formula is C14H23N3O. The topological polar surface area (TPSA) is 47.0 Å². The van der Waals surface area contributed by atoms with Gasteiger partial charge in [0, 0.05) is 30.8 Å². The van der Waals surface area contributed by atoms with Crippen molar-refractivity contribution in [2.75, 3.05) is 13.2 Å². The van der Waals surface area contributed by atoms with Crippen molar-refractivity contribution in [1.82, 2.24) is 15.3 Å². The fourth-order valence-electron chi connectivity index (χ4n) is 2.06. The van der Waals surface area contributed by atoms with E-state index in [1.807, 2.05) is 20.0 Å². The van der Waals surface area contributed by atoms with E-state index in [9.17, 15) is 0 Å². The Balaban J connectivity index is 2.17. The van der Waals surface area contributed by atoms with E-state index in [-0.39, 0.29) is 6.10 Å². The maximum atomic E-state index is 5.56. The molecule has 1 aliphatic carbocycles. The molecule has 1 unspecified atom stereocenters. The van der Waals surface area contributed by atoms with Crippen LogP contribution in [0.5, 0.6) is 0 Å². The molecule has 0 aliphatic heterocycles. The Morgan fingerprint density at radius 1 is 1.44 bits per heavy atom. The molecule has 0 amide bonds. The van der Waals surface area contributed by atoms with E-state index >= 15 is 0 Å². The third kappa shape index (κ3) is 3.27. The summed E-state index contributed by atoms with van der Waals surface area (Å²) in [6, 6.07) is 0. The lowest BCUT2D eigenvalue weighted by molar-refractivity contribution is 0.0698. The van der Waals surface area contributed by atoms with Gasteiger partial charge in [0.2, 0.25) is 0 Å². The van der Waals surface area contributed by atoms with Crippen molar-refractivity contribution >= 4 is 0 Å². The molecule has 1 fully saturated rings. The summed E-state index contributed by atoms with van der Waals surface area (Å²) in [6.45, 7) is 8.66. The van der Waals surface area contributed by atoms with Crippen molar-refractivity contribution in [3.05, 3.63) is 23.3 Å². The Labute approximate surface area is 109 Å². The van der Waals surface area contributed by atoms with Crippen molar-refractivity contribution < 1.29 is 4.74 Å². The molecule has 100 valence electrons. The quantitative estimate of drug-likeness (QED) is 0.806. The van der Waals surface area contributed by atoms with Crippen LogP contribution in [0.2, 0.25) is 0 Å². The summed E-state index contributed by atoms with van der Waals surface area (Å²) in [6.07, 6.45) is 4.48. The van der Waals surface area contributed by atoms with Crippen LogP contribution < -0.4 is 5.32 Å². The van der Waals surface area contributed by atoms with Crippen molar-refractivity contribution in [3.8, 4) is 0 Å². The zero-order valence-electron chi connectivity index (χ0n) is 11.6. The van der Waals surface area contributed by atoms with Crippen LogP contribution in [0.4, 0.5) is 0 Å². The first kappa shape index (κ1) is 13.4. The Kier molecular flexibility index (Phi) is 4.66. The third-order valence-corrected chi connectivity index (χ3v) is 3.23. The highest BCUT2D eigenvalue weighted by atomic mass is 16.5. The van der Waals surface area contributed by atoms with E-state index in [4.69, 9.17) is 9.72 Å². The van der Waals surface area contributed by atoms with Gasteiger partial charge in [0.05, 0.1) is 5.69 Å². The van der Waals surface area contributed by atoms with Crippen LogP contribution in [0.3, 0.4) is 0 Å². The average Bonchev–Trinajstić information content (AvgIpc) is 3.20. The highest BCUT2D eigenvalue weighted by molar-refractivity contribution is 5.25. The molecule has 2 rings (SSSR count). The van der Waals surface area contributed by atoms with Gasteiger partial charge < -0.3 is 10.1 Å². The van der Waals surface area contributed by atoms with Gasteiger partial charge in [0.25, 0.3) is 0 Å². The Hall–Kier alpha value is -1.00. The summed E-state index contributed by atoms with van der Waals surface area (Å²) >= 11 is 0. The molecule has 1 atom stereocenters. The summed E-state index contributed by atoms with van der Waals surface area (Å²) in [5.41, 5.74) is 2.47. The van der Waals surface area contributed by atoms with Crippen LogP contribution in [-0.2, 0) is 11.3 Å². The SMILES string of the molecule is CCNCc1cnc(C(C)OCC)nc1C1CC1. The molecule has 0 saturated heterocycles.